The zero-order valence-corrected chi connectivity index (χ0v) is 59.6. The summed E-state index contributed by atoms with van der Waals surface area (Å²) in [4.78, 5) is 40.9. The van der Waals surface area contributed by atoms with Crippen LogP contribution in [0.2, 0.25) is 0 Å². The van der Waals surface area contributed by atoms with Crippen LogP contribution >= 0.6 is 0 Å². The molecule has 10 heteroatoms. The molecule has 0 aromatic carbocycles. The van der Waals surface area contributed by atoms with Crippen molar-refractivity contribution in [2.75, 3.05) is 0 Å². The van der Waals surface area contributed by atoms with Crippen molar-refractivity contribution in [1.29, 1.82) is 0 Å². The molecule has 0 aliphatic carbocycles. The van der Waals surface area contributed by atoms with Crippen LogP contribution in [0, 0.1) is 0 Å². The maximum Gasteiger partial charge on any atom is 2.00 e. The molecular weight excluding hydrogens is 1120 g/mol. The van der Waals surface area contributed by atoms with Gasteiger partial charge in [0.1, 0.15) is 0 Å². The van der Waals surface area contributed by atoms with Crippen molar-refractivity contribution in [3.8, 4) is 0 Å². The Labute approximate surface area is 535 Å². The van der Waals surface area contributed by atoms with Gasteiger partial charge >= 0.3 is 36.3 Å². The Bertz CT molecular complexity index is 998. The Kier molecular flexibility index (Phi) is 99.8. The SMILES string of the molecule is CCCCCCCCCCCCCCCCCC(=O)[O-].CCCCCCCCCCCCCCCCCC(=O)[O-].CCCCCCCCCCCCCCCCCC(=O)[O-].CCCCCCCCCCCCCCCCCC(=O)[O-].[Co+2].[Zn+2]. The van der Waals surface area contributed by atoms with Crippen LogP contribution in [0.25, 0.3) is 0 Å². The molecule has 0 aromatic rings. The fourth-order valence-corrected chi connectivity index (χ4v) is 10.6. The summed E-state index contributed by atoms with van der Waals surface area (Å²) in [6, 6.07) is 0. The van der Waals surface area contributed by atoms with Gasteiger partial charge in [0, 0.05) is 23.9 Å². The first-order valence-corrected chi connectivity index (χ1v) is 35.9. The van der Waals surface area contributed by atoms with E-state index in [1.54, 1.807) is 0 Å². The first kappa shape index (κ1) is 92.2. The minimum Gasteiger partial charge on any atom is -0.550 e. The van der Waals surface area contributed by atoms with Gasteiger partial charge in [-0.15, -0.1) is 0 Å². The molecule has 0 bridgehead atoms. The van der Waals surface area contributed by atoms with Crippen LogP contribution in [0.3, 0.4) is 0 Å². The summed E-state index contributed by atoms with van der Waals surface area (Å²) in [6.45, 7) is 9.07. The van der Waals surface area contributed by atoms with Gasteiger partial charge in [-0.25, -0.2) is 0 Å². The third kappa shape index (κ3) is 107. The second-order valence-electron chi connectivity index (χ2n) is 24.3. The largest absolute Gasteiger partial charge is 2.00 e. The third-order valence-electron chi connectivity index (χ3n) is 15.9. The molecule has 0 heterocycles. The summed E-state index contributed by atoms with van der Waals surface area (Å²) < 4.78 is 0. The topological polar surface area (TPSA) is 161 Å². The van der Waals surface area contributed by atoms with Crippen LogP contribution in [0.4, 0.5) is 0 Å². The first-order valence-electron chi connectivity index (χ1n) is 35.9. The number of carbonyl (C=O) groups is 4. The summed E-state index contributed by atoms with van der Waals surface area (Å²) in [6.07, 6.45) is 79.4. The molecule has 0 unspecified atom stereocenters. The summed E-state index contributed by atoms with van der Waals surface area (Å²) >= 11 is 0. The Hall–Kier alpha value is -0.990. The van der Waals surface area contributed by atoms with Crippen molar-refractivity contribution < 1.29 is 75.9 Å². The molecule has 0 rings (SSSR count). The summed E-state index contributed by atoms with van der Waals surface area (Å²) in [5.41, 5.74) is 0. The maximum absolute atomic E-state index is 10.2. The molecule has 0 aliphatic rings. The summed E-state index contributed by atoms with van der Waals surface area (Å²) in [7, 11) is 0. The average molecular weight is 1260 g/mol. The average Bonchev–Trinajstić information content (AvgIpc) is 3.43. The van der Waals surface area contributed by atoms with Gasteiger partial charge < -0.3 is 39.6 Å². The Morgan fingerprint density at radius 2 is 0.244 bits per heavy atom. The number of rotatable bonds is 64. The number of carboxylic acids is 4. The van der Waals surface area contributed by atoms with Crippen molar-refractivity contribution in [3.05, 3.63) is 0 Å². The fourth-order valence-electron chi connectivity index (χ4n) is 10.6. The number of carboxylic acid groups (broad SMARTS) is 4. The normalized spacial score (nSPS) is 10.6. The zero-order chi connectivity index (χ0) is 59.6. The molecule has 1 radical (unpaired) electrons. The molecule has 82 heavy (non-hydrogen) atoms. The van der Waals surface area contributed by atoms with Crippen molar-refractivity contribution in [1.82, 2.24) is 0 Å². The van der Waals surface area contributed by atoms with Gasteiger partial charge in [0.2, 0.25) is 0 Å². The predicted octanol–water partition coefficient (Wildman–Crippen LogP) is 20.0. The van der Waals surface area contributed by atoms with E-state index in [-0.39, 0.29) is 61.9 Å². The van der Waals surface area contributed by atoms with E-state index in [2.05, 4.69) is 27.7 Å². The molecular formula is C72H140CoO8Zn. The summed E-state index contributed by atoms with van der Waals surface area (Å²) in [5, 5.41) is 40.9. The van der Waals surface area contributed by atoms with E-state index in [1.807, 2.05) is 0 Å². The van der Waals surface area contributed by atoms with Crippen LogP contribution in [0.5, 0.6) is 0 Å². The van der Waals surface area contributed by atoms with Crippen LogP contribution in [0.1, 0.15) is 439 Å². The van der Waals surface area contributed by atoms with Crippen molar-refractivity contribution in [2.45, 2.75) is 439 Å². The van der Waals surface area contributed by atoms with E-state index < -0.39 is 23.9 Å². The molecule has 0 spiro atoms. The number of hydrogen-bond donors (Lipinski definition) is 0. The molecule has 0 aromatic heterocycles. The van der Waals surface area contributed by atoms with E-state index >= 15 is 0 Å². The van der Waals surface area contributed by atoms with Gasteiger partial charge in [-0.3, -0.25) is 0 Å². The van der Waals surface area contributed by atoms with Crippen LogP contribution in [-0.4, -0.2) is 23.9 Å². The Morgan fingerprint density at radius 1 is 0.171 bits per heavy atom. The molecule has 0 fully saturated rings. The van der Waals surface area contributed by atoms with Gasteiger partial charge in [-0.2, -0.15) is 0 Å². The Morgan fingerprint density at radius 3 is 0.317 bits per heavy atom. The standard InChI is InChI=1S/4C18H36O2.Co.Zn/c4*1-2-3-4-5-6-7-8-9-10-11-12-13-14-15-16-17-18(19)20;;/h4*2-17H2,1H3,(H,19,20);;/q;;;;2*+2/p-4. The van der Waals surface area contributed by atoms with Gasteiger partial charge in [0.25, 0.3) is 0 Å². The molecule has 8 nitrogen and oxygen atoms in total. The van der Waals surface area contributed by atoms with Crippen LogP contribution in [0.15, 0.2) is 0 Å². The summed E-state index contributed by atoms with van der Waals surface area (Å²) in [5.74, 6) is -3.61. The molecule has 0 amide bonds. The van der Waals surface area contributed by atoms with Crippen molar-refractivity contribution in [2.24, 2.45) is 0 Å². The number of carbonyl (C=O) groups excluding carboxylic acids is 4. The maximum atomic E-state index is 10.2. The van der Waals surface area contributed by atoms with E-state index in [0.717, 1.165) is 51.4 Å². The number of unbranched alkanes of at least 4 members (excludes halogenated alkanes) is 56. The third-order valence-corrected chi connectivity index (χ3v) is 15.9. The molecule has 0 aliphatic heterocycles. The molecule has 0 N–H and O–H groups in total. The van der Waals surface area contributed by atoms with Gasteiger partial charge in [-0.05, 0) is 51.4 Å². The fraction of sp³-hybridized carbons (Fsp3) is 0.944. The minimum absolute atomic E-state index is 0. The van der Waals surface area contributed by atoms with Crippen molar-refractivity contribution >= 4 is 23.9 Å². The number of aliphatic carboxylic acids is 4. The van der Waals surface area contributed by atoms with E-state index in [9.17, 15) is 39.6 Å². The zero-order valence-electron chi connectivity index (χ0n) is 55.6. The smallest absolute Gasteiger partial charge is 0.550 e. The monoisotopic (exact) mass is 1260 g/mol. The molecule has 0 atom stereocenters. The molecule has 487 valence electrons. The van der Waals surface area contributed by atoms with Crippen LogP contribution < -0.4 is 20.4 Å². The van der Waals surface area contributed by atoms with Crippen molar-refractivity contribution in [3.63, 3.8) is 0 Å². The first-order chi connectivity index (χ1) is 39.1. The van der Waals surface area contributed by atoms with E-state index in [0.29, 0.717) is 0 Å². The van der Waals surface area contributed by atoms with Gasteiger partial charge in [-0.1, -0.05) is 387 Å². The van der Waals surface area contributed by atoms with E-state index in [4.69, 9.17) is 0 Å². The van der Waals surface area contributed by atoms with Gasteiger partial charge in [0.05, 0.1) is 0 Å². The van der Waals surface area contributed by atoms with Gasteiger partial charge in [0.15, 0.2) is 0 Å². The minimum atomic E-state index is -0.903. The predicted molar refractivity (Wildman–Crippen MR) is 338 cm³/mol. The number of hydrogen-bond acceptors (Lipinski definition) is 8. The Balaban J connectivity index is -0.000000233. The van der Waals surface area contributed by atoms with E-state index in [1.165, 1.54) is 334 Å². The second-order valence-corrected chi connectivity index (χ2v) is 24.3. The quantitative estimate of drug-likeness (QED) is 0.0430. The molecule has 0 saturated heterocycles. The molecule has 0 saturated carbocycles. The second kappa shape index (κ2) is 88.8. The van der Waals surface area contributed by atoms with Crippen LogP contribution in [-0.2, 0) is 55.4 Å².